The molecule has 0 spiro atoms. The molecule has 2 rings (SSSR count). The van der Waals surface area contributed by atoms with Gasteiger partial charge in [-0.1, -0.05) is 13.3 Å². The van der Waals surface area contributed by atoms with E-state index in [0.29, 0.717) is 0 Å². The van der Waals surface area contributed by atoms with Crippen molar-refractivity contribution in [3.8, 4) is 0 Å². The van der Waals surface area contributed by atoms with Crippen molar-refractivity contribution in [1.29, 1.82) is 0 Å². The first-order chi connectivity index (χ1) is 9.17. The molecule has 19 heavy (non-hydrogen) atoms. The standard InChI is InChI=1S/C16H25N3/c1-4-5-9-19-15-11-13(3)12(2)10-14(15)18-16(19)7-6-8-17/h10-11H,4-9,17H2,1-3H3. The van der Waals surface area contributed by atoms with Crippen molar-refractivity contribution in [2.75, 3.05) is 6.54 Å². The molecule has 1 heterocycles. The van der Waals surface area contributed by atoms with Crippen LogP contribution in [-0.2, 0) is 13.0 Å². The Bertz CT molecular complexity index is 555. The molecular formula is C16H25N3. The van der Waals surface area contributed by atoms with Crippen molar-refractivity contribution < 1.29 is 0 Å². The first-order valence-electron chi connectivity index (χ1n) is 7.33. The van der Waals surface area contributed by atoms with Crippen LogP contribution in [0.1, 0.15) is 43.1 Å². The molecule has 1 aromatic carbocycles. The predicted octanol–water partition coefficient (Wildman–Crippen LogP) is 3.34. The second-order valence-electron chi connectivity index (χ2n) is 5.35. The maximum Gasteiger partial charge on any atom is 0.109 e. The maximum absolute atomic E-state index is 5.63. The second-order valence-corrected chi connectivity index (χ2v) is 5.35. The SMILES string of the molecule is CCCCn1c(CCCN)nc2cc(C)c(C)cc21. The highest BCUT2D eigenvalue weighted by Gasteiger charge is 2.11. The van der Waals surface area contributed by atoms with Crippen LogP contribution in [0.2, 0.25) is 0 Å². The van der Waals surface area contributed by atoms with Crippen molar-refractivity contribution in [3.05, 3.63) is 29.1 Å². The lowest BCUT2D eigenvalue weighted by Gasteiger charge is -2.09. The Morgan fingerprint density at radius 3 is 2.58 bits per heavy atom. The van der Waals surface area contributed by atoms with Crippen LogP contribution in [0.4, 0.5) is 0 Å². The molecule has 0 atom stereocenters. The zero-order valence-corrected chi connectivity index (χ0v) is 12.4. The number of nitrogens with two attached hydrogens (primary N) is 1. The summed E-state index contributed by atoms with van der Waals surface area (Å²) in [4.78, 5) is 4.81. The second kappa shape index (κ2) is 6.20. The summed E-state index contributed by atoms with van der Waals surface area (Å²) in [6, 6.07) is 4.48. The van der Waals surface area contributed by atoms with E-state index in [9.17, 15) is 0 Å². The van der Waals surface area contributed by atoms with Crippen LogP contribution in [-0.4, -0.2) is 16.1 Å². The van der Waals surface area contributed by atoms with Crippen molar-refractivity contribution in [1.82, 2.24) is 9.55 Å². The van der Waals surface area contributed by atoms with Gasteiger partial charge in [0.1, 0.15) is 5.82 Å². The Labute approximate surface area is 115 Å². The minimum absolute atomic E-state index is 0.731. The maximum atomic E-state index is 5.63. The quantitative estimate of drug-likeness (QED) is 0.864. The van der Waals surface area contributed by atoms with Gasteiger partial charge in [0, 0.05) is 13.0 Å². The molecule has 104 valence electrons. The average Bonchev–Trinajstić information content (AvgIpc) is 2.71. The van der Waals surface area contributed by atoms with Gasteiger partial charge in [0.25, 0.3) is 0 Å². The number of rotatable bonds is 6. The van der Waals surface area contributed by atoms with Crippen LogP contribution >= 0.6 is 0 Å². The normalized spacial score (nSPS) is 11.4. The molecule has 0 fully saturated rings. The number of aryl methyl sites for hydroxylation is 4. The molecule has 0 unspecified atom stereocenters. The molecule has 3 nitrogen and oxygen atoms in total. The fourth-order valence-corrected chi connectivity index (χ4v) is 2.45. The summed E-state index contributed by atoms with van der Waals surface area (Å²) < 4.78 is 2.39. The van der Waals surface area contributed by atoms with Gasteiger partial charge in [-0.25, -0.2) is 4.98 Å². The van der Waals surface area contributed by atoms with Crippen LogP contribution in [0.3, 0.4) is 0 Å². The highest BCUT2D eigenvalue weighted by Crippen LogP contribution is 2.22. The van der Waals surface area contributed by atoms with Crippen molar-refractivity contribution in [2.45, 2.75) is 53.0 Å². The summed E-state index contributed by atoms with van der Waals surface area (Å²) in [5.74, 6) is 1.19. The molecule has 2 aromatic rings. The molecular weight excluding hydrogens is 234 g/mol. The van der Waals surface area contributed by atoms with E-state index in [1.807, 2.05) is 0 Å². The summed E-state index contributed by atoms with van der Waals surface area (Å²) in [6.45, 7) is 8.35. The number of hydrogen-bond donors (Lipinski definition) is 1. The van der Waals surface area contributed by atoms with E-state index in [1.165, 1.54) is 35.3 Å². The van der Waals surface area contributed by atoms with Crippen molar-refractivity contribution >= 4 is 11.0 Å². The van der Waals surface area contributed by atoms with Gasteiger partial charge in [0.15, 0.2) is 0 Å². The molecule has 0 aliphatic carbocycles. The summed E-state index contributed by atoms with van der Waals surface area (Å²) in [5, 5.41) is 0. The number of nitrogens with zero attached hydrogens (tertiary/aromatic N) is 2. The van der Waals surface area contributed by atoms with E-state index in [4.69, 9.17) is 10.7 Å². The minimum Gasteiger partial charge on any atom is -0.330 e. The number of aromatic nitrogens is 2. The number of fused-ring (bicyclic) bond motifs is 1. The highest BCUT2D eigenvalue weighted by molar-refractivity contribution is 5.78. The van der Waals surface area contributed by atoms with E-state index in [0.717, 1.165) is 31.4 Å². The summed E-state index contributed by atoms with van der Waals surface area (Å²) in [6.07, 6.45) is 4.40. The van der Waals surface area contributed by atoms with Crippen molar-refractivity contribution in [2.24, 2.45) is 5.73 Å². The molecule has 0 amide bonds. The van der Waals surface area contributed by atoms with Crippen LogP contribution in [0.25, 0.3) is 11.0 Å². The van der Waals surface area contributed by atoms with E-state index in [-0.39, 0.29) is 0 Å². The number of imidazole rings is 1. The summed E-state index contributed by atoms with van der Waals surface area (Å²) in [5.41, 5.74) is 10.7. The Hall–Kier alpha value is -1.35. The first-order valence-corrected chi connectivity index (χ1v) is 7.33. The van der Waals surface area contributed by atoms with E-state index < -0.39 is 0 Å². The molecule has 2 N–H and O–H groups in total. The lowest BCUT2D eigenvalue weighted by Crippen LogP contribution is -2.07. The van der Waals surface area contributed by atoms with Crippen LogP contribution in [0, 0.1) is 13.8 Å². The summed E-state index contributed by atoms with van der Waals surface area (Å²) in [7, 11) is 0. The third-order valence-electron chi connectivity index (χ3n) is 3.78. The Kier molecular flexibility index (Phi) is 4.59. The number of benzene rings is 1. The highest BCUT2D eigenvalue weighted by atomic mass is 15.1. The van der Waals surface area contributed by atoms with Gasteiger partial charge < -0.3 is 10.3 Å². The molecule has 1 aromatic heterocycles. The van der Waals surface area contributed by atoms with Gasteiger partial charge in [0.05, 0.1) is 11.0 Å². The minimum atomic E-state index is 0.731. The van der Waals surface area contributed by atoms with Gasteiger partial charge in [0.2, 0.25) is 0 Å². The predicted molar refractivity (Wildman–Crippen MR) is 81.5 cm³/mol. The third kappa shape index (κ3) is 2.98. The molecule has 0 bridgehead atoms. The average molecular weight is 259 g/mol. The van der Waals surface area contributed by atoms with E-state index in [1.54, 1.807) is 0 Å². The first kappa shape index (κ1) is 14.1. The Morgan fingerprint density at radius 2 is 1.89 bits per heavy atom. The topological polar surface area (TPSA) is 43.8 Å². The molecule has 0 saturated carbocycles. The number of unbranched alkanes of at least 4 members (excludes halogenated alkanes) is 1. The van der Waals surface area contributed by atoms with Gasteiger partial charge in [-0.3, -0.25) is 0 Å². The van der Waals surface area contributed by atoms with E-state index >= 15 is 0 Å². The Morgan fingerprint density at radius 1 is 1.16 bits per heavy atom. The van der Waals surface area contributed by atoms with E-state index in [2.05, 4.69) is 37.5 Å². The fraction of sp³-hybridized carbons (Fsp3) is 0.562. The monoisotopic (exact) mass is 259 g/mol. The summed E-state index contributed by atoms with van der Waals surface area (Å²) >= 11 is 0. The van der Waals surface area contributed by atoms with Gasteiger partial charge in [-0.2, -0.15) is 0 Å². The lowest BCUT2D eigenvalue weighted by atomic mass is 10.1. The Balaban J connectivity index is 2.46. The van der Waals surface area contributed by atoms with Crippen LogP contribution in [0.5, 0.6) is 0 Å². The number of hydrogen-bond acceptors (Lipinski definition) is 2. The van der Waals surface area contributed by atoms with Gasteiger partial charge in [-0.15, -0.1) is 0 Å². The lowest BCUT2D eigenvalue weighted by molar-refractivity contribution is 0.607. The zero-order chi connectivity index (χ0) is 13.8. The smallest absolute Gasteiger partial charge is 0.109 e. The van der Waals surface area contributed by atoms with Crippen molar-refractivity contribution in [3.63, 3.8) is 0 Å². The third-order valence-corrected chi connectivity index (χ3v) is 3.78. The molecule has 0 aliphatic heterocycles. The van der Waals surface area contributed by atoms with Crippen LogP contribution < -0.4 is 5.73 Å². The van der Waals surface area contributed by atoms with Crippen LogP contribution in [0.15, 0.2) is 12.1 Å². The molecule has 0 radical (unpaired) electrons. The molecule has 3 heteroatoms. The molecule has 0 aliphatic rings. The fourth-order valence-electron chi connectivity index (χ4n) is 2.45. The molecule has 0 saturated heterocycles. The van der Waals surface area contributed by atoms with Gasteiger partial charge in [-0.05, 0) is 56.5 Å². The zero-order valence-electron chi connectivity index (χ0n) is 12.4. The largest absolute Gasteiger partial charge is 0.330 e. The van der Waals surface area contributed by atoms with Gasteiger partial charge >= 0.3 is 0 Å².